The van der Waals surface area contributed by atoms with E-state index in [2.05, 4.69) is 20.4 Å². The molecule has 0 aliphatic carbocycles. The van der Waals surface area contributed by atoms with Gasteiger partial charge in [-0.1, -0.05) is 29.5 Å². The first-order chi connectivity index (χ1) is 9.33. The van der Waals surface area contributed by atoms with Crippen LogP contribution in [0.1, 0.15) is 32.1 Å². The summed E-state index contributed by atoms with van der Waals surface area (Å²) in [5.41, 5.74) is 0. The van der Waals surface area contributed by atoms with Gasteiger partial charge < -0.3 is 10.2 Å². The summed E-state index contributed by atoms with van der Waals surface area (Å²) < 4.78 is 0.920. The summed E-state index contributed by atoms with van der Waals surface area (Å²) in [6.07, 6.45) is 5.61. The quantitative estimate of drug-likeness (QED) is 0.923. The first kappa shape index (κ1) is 13.2. The van der Waals surface area contributed by atoms with Crippen molar-refractivity contribution in [1.29, 1.82) is 0 Å². The number of hydrogen-bond donors (Lipinski definition) is 1. The van der Waals surface area contributed by atoms with E-state index in [0.29, 0.717) is 0 Å². The maximum absolute atomic E-state index is 11.9. The van der Waals surface area contributed by atoms with Gasteiger partial charge in [0.1, 0.15) is 0 Å². The number of thioether (sulfide) groups is 1. The molecule has 1 atom stereocenters. The molecule has 5 nitrogen and oxygen atoms in total. The molecule has 2 fully saturated rings. The van der Waals surface area contributed by atoms with Crippen LogP contribution < -0.4 is 10.2 Å². The highest BCUT2D eigenvalue weighted by Gasteiger charge is 2.24. The number of carbonyl (C=O) groups excluding carboxylic acids is 1. The Morgan fingerprint density at radius 3 is 2.89 bits per heavy atom. The molecule has 2 aliphatic heterocycles. The molecule has 1 aromatic rings. The molecule has 0 unspecified atom stereocenters. The van der Waals surface area contributed by atoms with Gasteiger partial charge in [0.25, 0.3) is 0 Å². The fraction of sp³-hybridized carbons (Fsp3) is 0.750. The van der Waals surface area contributed by atoms with E-state index in [4.69, 9.17) is 0 Å². The summed E-state index contributed by atoms with van der Waals surface area (Å²) in [7, 11) is 0. The Balaban J connectivity index is 1.64. The molecule has 1 N–H and O–H groups in total. The zero-order chi connectivity index (χ0) is 13.1. The van der Waals surface area contributed by atoms with Crippen LogP contribution in [0.25, 0.3) is 0 Å². The monoisotopic (exact) mass is 298 g/mol. The Kier molecular flexibility index (Phi) is 4.22. The molecular formula is C12H18N4OS2. The van der Waals surface area contributed by atoms with Crippen LogP contribution in [-0.4, -0.2) is 41.0 Å². The molecule has 3 heterocycles. The first-order valence-corrected chi connectivity index (χ1v) is 8.55. The van der Waals surface area contributed by atoms with E-state index in [0.717, 1.165) is 48.4 Å². The predicted molar refractivity (Wildman–Crippen MR) is 77.9 cm³/mol. The van der Waals surface area contributed by atoms with Crippen LogP contribution in [0.3, 0.4) is 0 Å². The largest absolute Gasteiger partial charge is 0.355 e. The van der Waals surface area contributed by atoms with Gasteiger partial charge >= 0.3 is 0 Å². The fourth-order valence-electron chi connectivity index (χ4n) is 2.43. The van der Waals surface area contributed by atoms with Gasteiger partial charge in [0, 0.05) is 19.6 Å². The molecule has 1 amide bonds. The normalized spacial score (nSPS) is 24.3. The number of hydrogen-bond acceptors (Lipinski definition) is 6. The predicted octanol–water partition coefficient (Wildman–Crippen LogP) is 1.90. The molecular weight excluding hydrogens is 280 g/mol. The second-order valence-electron chi connectivity index (χ2n) is 4.94. The molecule has 7 heteroatoms. The van der Waals surface area contributed by atoms with E-state index < -0.39 is 0 Å². The molecule has 0 radical (unpaired) electrons. The van der Waals surface area contributed by atoms with Crippen LogP contribution in [0.4, 0.5) is 5.13 Å². The van der Waals surface area contributed by atoms with Crippen LogP contribution in [0.2, 0.25) is 0 Å². The summed E-state index contributed by atoms with van der Waals surface area (Å²) in [6.45, 7) is 2.98. The molecule has 2 saturated heterocycles. The minimum absolute atomic E-state index is 0.00174. The highest BCUT2D eigenvalue weighted by Crippen LogP contribution is 2.34. The Morgan fingerprint density at radius 1 is 1.21 bits per heavy atom. The number of anilines is 1. The molecule has 0 aromatic carbocycles. The third kappa shape index (κ3) is 3.20. The molecule has 2 aliphatic rings. The van der Waals surface area contributed by atoms with Gasteiger partial charge in [0.05, 0.1) is 5.25 Å². The molecule has 3 rings (SSSR count). The molecule has 19 heavy (non-hydrogen) atoms. The van der Waals surface area contributed by atoms with Crippen LogP contribution in [0.15, 0.2) is 4.34 Å². The van der Waals surface area contributed by atoms with Gasteiger partial charge in [-0.25, -0.2) is 0 Å². The van der Waals surface area contributed by atoms with Crippen LogP contribution in [0, 0.1) is 0 Å². The van der Waals surface area contributed by atoms with Crippen molar-refractivity contribution in [2.24, 2.45) is 0 Å². The van der Waals surface area contributed by atoms with E-state index in [1.165, 1.54) is 12.8 Å². The topological polar surface area (TPSA) is 58.1 Å². The van der Waals surface area contributed by atoms with Gasteiger partial charge in [-0.3, -0.25) is 4.79 Å². The molecule has 1 aromatic heterocycles. The maximum atomic E-state index is 11.9. The van der Waals surface area contributed by atoms with Gasteiger partial charge in [-0.15, -0.1) is 10.2 Å². The van der Waals surface area contributed by atoms with Crippen LogP contribution >= 0.6 is 23.1 Å². The zero-order valence-electron chi connectivity index (χ0n) is 10.8. The summed E-state index contributed by atoms with van der Waals surface area (Å²) >= 11 is 3.19. The number of nitrogens with one attached hydrogen (secondary N) is 1. The second kappa shape index (κ2) is 6.09. The van der Waals surface area contributed by atoms with Crippen molar-refractivity contribution < 1.29 is 4.79 Å². The van der Waals surface area contributed by atoms with Crippen molar-refractivity contribution in [3.8, 4) is 0 Å². The van der Waals surface area contributed by atoms with E-state index in [1.807, 2.05) is 0 Å². The van der Waals surface area contributed by atoms with Crippen LogP contribution in [0.5, 0.6) is 0 Å². The first-order valence-electron chi connectivity index (χ1n) is 6.86. The van der Waals surface area contributed by atoms with E-state index in [9.17, 15) is 4.79 Å². The van der Waals surface area contributed by atoms with E-state index >= 15 is 0 Å². The number of carbonyl (C=O) groups is 1. The van der Waals surface area contributed by atoms with Crippen molar-refractivity contribution in [2.45, 2.75) is 41.7 Å². The third-order valence-corrected chi connectivity index (χ3v) is 5.84. The lowest BCUT2D eigenvalue weighted by molar-refractivity contribution is -0.120. The summed E-state index contributed by atoms with van der Waals surface area (Å²) in [6, 6.07) is 0. The highest BCUT2D eigenvalue weighted by molar-refractivity contribution is 8.02. The standard InChI is InChI=1S/C12H18N4OS2/c17-10-9(5-1-2-6-13-10)18-12-15-14-11(19-12)16-7-3-4-8-16/h9H,1-8H2,(H,13,17)/t9-/m0/s1. The average molecular weight is 298 g/mol. The molecule has 104 valence electrons. The second-order valence-corrected chi connectivity index (χ2v) is 7.34. The van der Waals surface area contributed by atoms with Crippen molar-refractivity contribution >= 4 is 34.1 Å². The van der Waals surface area contributed by atoms with Gasteiger partial charge in [0.15, 0.2) is 4.34 Å². The zero-order valence-corrected chi connectivity index (χ0v) is 12.4. The number of rotatable bonds is 3. The van der Waals surface area contributed by atoms with Crippen molar-refractivity contribution in [3.63, 3.8) is 0 Å². The van der Waals surface area contributed by atoms with Gasteiger partial charge in [-0.05, 0) is 25.7 Å². The number of amides is 1. The SMILES string of the molecule is O=C1NCCCC[C@@H]1Sc1nnc(N2CCCC2)s1. The molecule has 0 bridgehead atoms. The minimum Gasteiger partial charge on any atom is -0.355 e. The Labute approximate surface area is 121 Å². The lowest BCUT2D eigenvalue weighted by atomic mass is 10.2. The van der Waals surface area contributed by atoms with E-state index in [-0.39, 0.29) is 11.2 Å². The van der Waals surface area contributed by atoms with Gasteiger partial charge in [-0.2, -0.15) is 0 Å². The average Bonchev–Trinajstić information content (AvgIpc) is 3.03. The summed E-state index contributed by atoms with van der Waals surface area (Å²) in [5, 5.41) is 12.5. The highest BCUT2D eigenvalue weighted by atomic mass is 32.2. The smallest absolute Gasteiger partial charge is 0.233 e. The summed E-state index contributed by atoms with van der Waals surface area (Å²) in [4.78, 5) is 14.2. The van der Waals surface area contributed by atoms with Gasteiger partial charge in [0.2, 0.25) is 11.0 Å². The van der Waals surface area contributed by atoms with Crippen molar-refractivity contribution in [2.75, 3.05) is 24.5 Å². The van der Waals surface area contributed by atoms with Crippen molar-refractivity contribution in [1.82, 2.24) is 15.5 Å². The minimum atomic E-state index is 0.00174. The Hall–Kier alpha value is -0.820. The maximum Gasteiger partial charge on any atom is 0.233 e. The lowest BCUT2D eigenvalue weighted by Gasteiger charge is -2.11. The lowest BCUT2D eigenvalue weighted by Crippen LogP contribution is -2.30. The molecule has 0 spiro atoms. The van der Waals surface area contributed by atoms with E-state index in [1.54, 1.807) is 23.1 Å². The summed E-state index contributed by atoms with van der Waals surface area (Å²) in [5.74, 6) is 0.153. The Morgan fingerprint density at radius 2 is 2.05 bits per heavy atom. The van der Waals surface area contributed by atoms with Crippen LogP contribution in [-0.2, 0) is 4.79 Å². The third-order valence-electron chi connectivity index (χ3n) is 3.50. The van der Waals surface area contributed by atoms with Crippen molar-refractivity contribution in [3.05, 3.63) is 0 Å². The Bertz CT molecular complexity index is 445. The number of nitrogens with zero attached hydrogens (tertiary/aromatic N) is 3. The fourth-order valence-corrected chi connectivity index (χ4v) is 4.63. The number of aromatic nitrogens is 2. The molecule has 0 saturated carbocycles.